The number of para-hydroxylation sites is 1. The fourth-order valence-electron chi connectivity index (χ4n) is 2.48. The normalized spacial score (nSPS) is 10.2. The summed E-state index contributed by atoms with van der Waals surface area (Å²) < 4.78 is 5.78. The standard InChI is InChI=1S/C21H19ClN2OS/c1-2-15-5-3-4-6-20(15)24-21(26)23-17-9-13-19(14-10-17)25-18-11-7-16(22)8-12-18/h3-14H,2H2,1H3,(H2,23,24,26). The molecule has 0 amide bonds. The second-order valence-corrected chi connectivity index (χ2v) is 6.51. The molecule has 3 aromatic rings. The molecule has 0 unspecified atom stereocenters. The van der Waals surface area contributed by atoms with Gasteiger partial charge in [-0.2, -0.15) is 0 Å². The summed E-state index contributed by atoms with van der Waals surface area (Å²) in [5.41, 5.74) is 3.14. The predicted molar refractivity (Wildman–Crippen MR) is 114 cm³/mol. The molecule has 2 N–H and O–H groups in total. The van der Waals surface area contributed by atoms with Gasteiger partial charge in [0.15, 0.2) is 5.11 Å². The van der Waals surface area contributed by atoms with Crippen LogP contribution in [0.3, 0.4) is 0 Å². The van der Waals surface area contributed by atoms with Crippen LogP contribution in [-0.4, -0.2) is 5.11 Å². The number of halogens is 1. The monoisotopic (exact) mass is 382 g/mol. The van der Waals surface area contributed by atoms with Crippen molar-refractivity contribution >= 4 is 40.3 Å². The van der Waals surface area contributed by atoms with Crippen molar-refractivity contribution in [3.05, 3.63) is 83.4 Å². The van der Waals surface area contributed by atoms with Gasteiger partial charge in [0.1, 0.15) is 11.5 Å². The van der Waals surface area contributed by atoms with Crippen molar-refractivity contribution in [2.75, 3.05) is 10.6 Å². The van der Waals surface area contributed by atoms with E-state index in [2.05, 4.69) is 23.6 Å². The molecule has 3 aromatic carbocycles. The summed E-state index contributed by atoms with van der Waals surface area (Å²) in [6, 6.07) is 23.0. The molecular formula is C21H19ClN2OS. The fraction of sp³-hybridized carbons (Fsp3) is 0.0952. The highest BCUT2D eigenvalue weighted by molar-refractivity contribution is 7.80. The van der Waals surface area contributed by atoms with E-state index in [9.17, 15) is 0 Å². The molecule has 0 spiro atoms. The quantitative estimate of drug-likeness (QED) is 0.493. The van der Waals surface area contributed by atoms with Crippen molar-refractivity contribution in [2.45, 2.75) is 13.3 Å². The van der Waals surface area contributed by atoms with Crippen LogP contribution in [0.2, 0.25) is 5.02 Å². The van der Waals surface area contributed by atoms with Crippen LogP contribution in [0.1, 0.15) is 12.5 Å². The molecule has 5 heteroatoms. The number of thiocarbonyl (C=S) groups is 1. The zero-order chi connectivity index (χ0) is 18.4. The fourth-order valence-corrected chi connectivity index (χ4v) is 2.83. The molecule has 0 bridgehead atoms. The average Bonchev–Trinajstić information content (AvgIpc) is 2.65. The molecule has 0 saturated carbocycles. The van der Waals surface area contributed by atoms with Crippen LogP contribution < -0.4 is 15.4 Å². The van der Waals surface area contributed by atoms with E-state index in [0.717, 1.165) is 29.3 Å². The molecule has 26 heavy (non-hydrogen) atoms. The second-order valence-electron chi connectivity index (χ2n) is 5.67. The first-order chi connectivity index (χ1) is 12.6. The van der Waals surface area contributed by atoms with Crippen LogP contribution in [0.25, 0.3) is 0 Å². The molecule has 0 heterocycles. The summed E-state index contributed by atoms with van der Waals surface area (Å²) in [5, 5.41) is 7.67. The van der Waals surface area contributed by atoms with E-state index in [0.29, 0.717) is 10.1 Å². The van der Waals surface area contributed by atoms with Gasteiger partial charge in [0.2, 0.25) is 0 Å². The van der Waals surface area contributed by atoms with E-state index in [1.165, 1.54) is 5.56 Å². The molecule has 0 fully saturated rings. The van der Waals surface area contributed by atoms with Crippen LogP contribution in [-0.2, 0) is 6.42 Å². The minimum atomic E-state index is 0.553. The third-order valence-electron chi connectivity index (χ3n) is 3.81. The lowest BCUT2D eigenvalue weighted by atomic mass is 10.1. The van der Waals surface area contributed by atoms with Gasteiger partial charge in [-0.3, -0.25) is 0 Å². The van der Waals surface area contributed by atoms with Gasteiger partial charge in [0, 0.05) is 16.4 Å². The average molecular weight is 383 g/mol. The number of hydrogen-bond acceptors (Lipinski definition) is 2. The van der Waals surface area contributed by atoms with E-state index >= 15 is 0 Å². The van der Waals surface area contributed by atoms with Crippen LogP contribution >= 0.6 is 23.8 Å². The summed E-state index contributed by atoms with van der Waals surface area (Å²) in [5.74, 6) is 1.48. The Kier molecular flexibility index (Phi) is 6.10. The maximum atomic E-state index is 5.88. The maximum Gasteiger partial charge on any atom is 0.175 e. The highest BCUT2D eigenvalue weighted by atomic mass is 35.5. The van der Waals surface area contributed by atoms with Crippen LogP contribution in [0, 0.1) is 0 Å². The Morgan fingerprint density at radius 1 is 0.885 bits per heavy atom. The van der Waals surface area contributed by atoms with Gasteiger partial charge in [-0.25, -0.2) is 0 Å². The van der Waals surface area contributed by atoms with Crippen molar-refractivity contribution in [1.29, 1.82) is 0 Å². The number of rotatable bonds is 5. The van der Waals surface area contributed by atoms with E-state index in [-0.39, 0.29) is 0 Å². The summed E-state index contributed by atoms with van der Waals surface area (Å²) >= 11 is 11.3. The lowest BCUT2D eigenvalue weighted by Crippen LogP contribution is -2.19. The van der Waals surface area contributed by atoms with Gasteiger partial charge in [0.05, 0.1) is 0 Å². The highest BCUT2D eigenvalue weighted by Crippen LogP contribution is 2.24. The van der Waals surface area contributed by atoms with Crippen molar-refractivity contribution in [2.24, 2.45) is 0 Å². The van der Waals surface area contributed by atoms with E-state index in [1.54, 1.807) is 12.1 Å². The molecule has 132 valence electrons. The van der Waals surface area contributed by atoms with Crippen LogP contribution in [0.15, 0.2) is 72.8 Å². The van der Waals surface area contributed by atoms with Gasteiger partial charge < -0.3 is 15.4 Å². The predicted octanol–water partition coefficient (Wildman–Crippen LogP) is 6.50. The van der Waals surface area contributed by atoms with E-state index < -0.39 is 0 Å². The second kappa shape index (κ2) is 8.70. The van der Waals surface area contributed by atoms with Gasteiger partial charge in [-0.1, -0.05) is 36.7 Å². The molecular weight excluding hydrogens is 364 g/mol. The highest BCUT2D eigenvalue weighted by Gasteiger charge is 2.04. The molecule has 0 aliphatic rings. The molecule has 3 rings (SSSR count). The Labute approximate surface area is 164 Å². The molecule has 0 aliphatic carbocycles. The molecule has 0 aliphatic heterocycles. The SMILES string of the molecule is CCc1ccccc1NC(=S)Nc1ccc(Oc2ccc(Cl)cc2)cc1. The molecule has 0 radical (unpaired) electrons. The maximum absolute atomic E-state index is 5.88. The number of aryl methyl sites for hydroxylation is 1. The molecule has 0 saturated heterocycles. The minimum absolute atomic E-state index is 0.553. The number of hydrogen-bond donors (Lipinski definition) is 2. The first-order valence-electron chi connectivity index (χ1n) is 8.33. The van der Waals surface area contributed by atoms with Crippen molar-refractivity contribution < 1.29 is 4.74 Å². The Hall–Kier alpha value is -2.56. The van der Waals surface area contributed by atoms with Gasteiger partial charge >= 0.3 is 0 Å². The number of ether oxygens (including phenoxy) is 1. The molecule has 3 nitrogen and oxygen atoms in total. The number of nitrogens with one attached hydrogen (secondary N) is 2. The van der Waals surface area contributed by atoms with Gasteiger partial charge in [0.25, 0.3) is 0 Å². The minimum Gasteiger partial charge on any atom is -0.457 e. The first-order valence-corrected chi connectivity index (χ1v) is 9.12. The Bertz CT molecular complexity index is 879. The zero-order valence-electron chi connectivity index (χ0n) is 14.3. The van der Waals surface area contributed by atoms with Crippen molar-refractivity contribution in [3.8, 4) is 11.5 Å². The number of benzene rings is 3. The first kappa shape index (κ1) is 18.2. The summed E-state index contributed by atoms with van der Waals surface area (Å²) in [6.07, 6.45) is 0.947. The van der Waals surface area contributed by atoms with Gasteiger partial charge in [-0.05, 0) is 78.8 Å². The number of anilines is 2. The Balaban J connectivity index is 1.60. The largest absolute Gasteiger partial charge is 0.457 e. The summed E-state index contributed by atoms with van der Waals surface area (Å²) in [4.78, 5) is 0. The smallest absolute Gasteiger partial charge is 0.175 e. The summed E-state index contributed by atoms with van der Waals surface area (Å²) in [7, 11) is 0. The van der Waals surface area contributed by atoms with E-state index in [4.69, 9.17) is 28.6 Å². The van der Waals surface area contributed by atoms with Crippen LogP contribution in [0.4, 0.5) is 11.4 Å². The lowest BCUT2D eigenvalue weighted by Gasteiger charge is -2.14. The Morgan fingerprint density at radius 2 is 1.50 bits per heavy atom. The van der Waals surface area contributed by atoms with Crippen molar-refractivity contribution in [3.63, 3.8) is 0 Å². The van der Waals surface area contributed by atoms with E-state index in [1.807, 2.05) is 54.6 Å². The topological polar surface area (TPSA) is 33.3 Å². The van der Waals surface area contributed by atoms with Gasteiger partial charge in [-0.15, -0.1) is 0 Å². The molecule has 0 aromatic heterocycles. The third-order valence-corrected chi connectivity index (χ3v) is 4.26. The molecule has 0 atom stereocenters. The summed E-state index contributed by atoms with van der Waals surface area (Å²) in [6.45, 7) is 2.12. The van der Waals surface area contributed by atoms with Crippen molar-refractivity contribution in [1.82, 2.24) is 0 Å². The third kappa shape index (κ3) is 4.97. The lowest BCUT2D eigenvalue weighted by molar-refractivity contribution is 0.483. The Morgan fingerprint density at radius 3 is 2.15 bits per heavy atom. The zero-order valence-corrected chi connectivity index (χ0v) is 15.9. The van der Waals surface area contributed by atoms with Crippen LogP contribution in [0.5, 0.6) is 11.5 Å².